The monoisotopic (exact) mass is 272 g/mol. The molecule has 100 valence electrons. The zero-order chi connectivity index (χ0) is 13.6. The molecule has 0 radical (unpaired) electrons. The molecular formula is C10H16N4O3S. The zero-order valence-electron chi connectivity index (χ0n) is 10.0. The molecule has 1 rings (SSSR count). The largest absolute Gasteiger partial charge is 0.383 e. The van der Waals surface area contributed by atoms with E-state index in [1.54, 1.807) is 13.0 Å². The molecule has 0 fully saturated rings. The fourth-order valence-corrected chi connectivity index (χ4v) is 1.87. The van der Waals surface area contributed by atoms with E-state index in [1.807, 2.05) is 0 Å². The van der Waals surface area contributed by atoms with Gasteiger partial charge in [0.25, 0.3) is 5.91 Å². The molecule has 0 bridgehead atoms. The predicted molar refractivity (Wildman–Crippen MR) is 68.7 cm³/mol. The number of carbonyl (C=O) groups excluding carboxylic acids is 1. The van der Waals surface area contributed by atoms with Crippen molar-refractivity contribution in [2.45, 2.75) is 6.92 Å². The molecule has 0 unspecified atom stereocenters. The number of amides is 1. The molecule has 0 aliphatic heterocycles. The van der Waals surface area contributed by atoms with Gasteiger partial charge in [-0.15, -0.1) is 0 Å². The Labute approximate surface area is 106 Å². The number of carbonyl (C=O) groups is 1. The summed E-state index contributed by atoms with van der Waals surface area (Å²) in [6.07, 6.45) is 2.88. The number of nitrogens with two attached hydrogens (primary N) is 1. The summed E-state index contributed by atoms with van der Waals surface area (Å²) in [6.45, 7) is 2.14. The van der Waals surface area contributed by atoms with E-state index in [4.69, 9.17) is 5.73 Å². The molecule has 0 spiro atoms. The summed E-state index contributed by atoms with van der Waals surface area (Å²) in [6, 6.07) is 1.61. The number of nitrogens with one attached hydrogen (secondary N) is 2. The van der Waals surface area contributed by atoms with Crippen LogP contribution in [0, 0.1) is 0 Å². The van der Waals surface area contributed by atoms with Gasteiger partial charge in [-0.25, -0.2) is 13.1 Å². The molecular weight excluding hydrogens is 256 g/mol. The van der Waals surface area contributed by atoms with Crippen molar-refractivity contribution in [3.05, 3.63) is 24.0 Å². The summed E-state index contributed by atoms with van der Waals surface area (Å²) in [7, 11) is -3.19. The molecule has 0 aliphatic carbocycles. The molecule has 4 N–H and O–H groups in total. The number of hydrogen-bond donors (Lipinski definition) is 3. The van der Waals surface area contributed by atoms with Crippen molar-refractivity contribution in [1.82, 2.24) is 9.71 Å². The van der Waals surface area contributed by atoms with E-state index >= 15 is 0 Å². The van der Waals surface area contributed by atoms with Crippen molar-refractivity contribution in [2.75, 3.05) is 24.2 Å². The molecule has 1 amide bonds. The van der Waals surface area contributed by atoms with Crippen LogP contribution in [0.4, 0.5) is 5.69 Å². The first-order valence-corrected chi connectivity index (χ1v) is 7.06. The standard InChI is InChI=1S/C10H16N4O3S/c1-2-18(16,17)14-6-5-13-9-3-4-12-7-8(9)10(11)15/h3-4,7,14H,2,5-6H2,1H3,(H2,11,15)(H,12,13). The Hall–Kier alpha value is -1.67. The van der Waals surface area contributed by atoms with Crippen LogP contribution in [0.1, 0.15) is 17.3 Å². The molecule has 0 aromatic carbocycles. The SMILES string of the molecule is CCS(=O)(=O)NCCNc1ccncc1C(N)=O. The lowest BCUT2D eigenvalue weighted by molar-refractivity contribution is 0.100. The minimum absolute atomic E-state index is 0.0365. The van der Waals surface area contributed by atoms with Gasteiger partial charge in [0.15, 0.2) is 0 Å². The van der Waals surface area contributed by atoms with Gasteiger partial charge in [0.2, 0.25) is 10.0 Å². The maximum atomic E-state index is 11.2. The van der Waals surface area contributed by atoms with Crippen LogP contribution in [0.3, 0.4) is 0 Å². The zero-order valence-corrected chi connectivity index (χ0v) is 10.8. The maximum absolute atomic E-state index is 11.2. The topological polar surface area (TPSA) is 114 Å². The normalized spacial score (nSPS) is 11.2. The molecule has 1 aromatic heterocycles. The number of rotatable bonds is 7. The van der Waals surface area contributed by atoms with Crippen LogP contribution in [0.25, 0.3) is 0 Å². The van der Waals surface area contributed by atoms with Gasteiger partial charge in [0.1, 0.15) is 0 Å². The van der Waals surface area contributed by atoms with Gasteiger partial charge < -0.3 is 11.1 Å². The average Bonchev–Trinajstić information content (AvgIpc) is 2.35. The number of pyridine rings is 1. The quantitative estimate of drug-likeness (QED) is 0.581. The van der Waals surface area contributed by atoms with Gasteiger partial charge in [-0.1, -0.05) is 0 Å². The molecule has 8 heteroatoms. The van der Waals surface area contributed by atoms with E-state index in [2.05, 4.69) is 15.0 Å². The van der Waals surface area contributed by atoms with Crippen LogP contribution in [0.5, 0.6) is 0 Å². The van der Waals surface area contributed by atoms with Gasteiger partial charge in [-0.3, -0.25) is 9.78 Å². The van der Waals surface area contributed by atoms with Crippen molar-refractivity contribution in [3.63, 3.8) is 0 Å². The minimum atomic E-state index is -3.19. The summed E-state index contributed by atoms with van der Waals surface area (Å²) in [5.41, 5.74) is 5.99. The van der Waals surface area contributed by atoms with E-state index in [1.165, 1.54) is 12.4 Å². The Morgan fingerprint density at radius 3 is 2.78 bits per heavy atom. The van der Waals surface area contributed by atoms with Crippen molar-refractivity contribution >= 4 is 21.6 Å². The van der Waals surface area contributed by atoms with Crippen LogP contribution in [0.15, 0.2) is 18.5 Å². The molecule has 0 saturated carbocycles. The third kappa shape index (κ3) is 4.30. The fourth-order valence-electron chi connectivity index (χ4n) is 1.25. The second-order valence-electron chi connectivity index (χ2n) is 3.51. The Morgan fingerprint density at radius 2 is 2.17 bits per heavy atom. The highest BCUT2D eigenvalue weighted by Gasteiger charge is 2.08. The minimum Gasteiger partial charge on any atom is -0.383 e. The molecule has 0 atom stereocenters. The lowest BCUT2D eigenvalue weighted by atomic mass is 10.2. The second-order valence-corrected chi connectivity index (χ2v) is 5.61. The van der Waals surface area contributed by atoms with Crippen molar-refractivity contribution in [3.8, 4) is 0 Å². The van der Waals surface area contributed by atoms with E-state index < -0.39 is 15.9 Å². The van der Waals surface area contributed by atoms with E-state index in [0.717, 1.165) is 0 Å². The first kappa shape index (κ1) is 14.4. The number of primary amides is 1. The van der Waals surface area contributed by atoms with Crippen LogP contribution in [0.2, 0.25) is 0 Å². The van der Waals surface area contributed by atoms with Crippen molar-refractivity contribution in [2.24, 2.45) is 5.73 Å². The van der Waals surface area contributed by atoms with Crippen molar-refractivity contribution < 1.29 is 13.2 Å². The highest BCUT2D eigenvalue weighted by Crippen LogP contribution is 2.11. The summed E-state index contributed by atoms with van der Waals surface area (Å²) in [5, 5.41) is 2.92. The molecule has 7 nitrogen and oxygen atoms in total. The van der Waals surface area contributed by atoms with E-state index in [9.17, 15) is 13.2 Å². The van der Waals surface area contributed by atoms with Crippen molar-refractivity contribution in [1.29, 1.82) is 0 Å². The first-order valence-electron chi connectivity index (χ1n) is 5.41. The summed E-state index contributed by atoms with van der Waals surface area (Å²) in [5.74, 6) is -0.547. The summed E-state index contributed by atoms with van der Waals surface area (Å²) in [4.78, 5) is 14.9. The van der Waals surface area contributed by atoms with Gasteiger partial charge in [0, 0.05) is 25.5 Å². The summed E-state index contributed by atoms with van der Waals surface area (Å²) >= 11 is 0. The first-order chi connectivity index (χ1) is 8.46. The number of anilines is 1. The van der Waals surface area contributed by atoms with Crippen LogP contribution in [-0.4, -0.2) is 38.2 Å². The highest BCUT2D eigenvalue weighted by atomic mass is 32.2. The molecule has 0 saturated heterocycles. The van der Waals surface area contributed by atoms with Crippen LogP contribution < -0.4 is 15.8 Å². The molecule has 0 aliphatic rings. The Bertz CT molecular complexity index is 516. The van der Waals surface area contributed by atoms with Gasteiger partial charge >= 0.3 is 0 Å². The smallest absolute Gasteiger partial charge is 0.252 e. The molecule has 18 heavy (non-hydrogen) atoms. The van der Waals surface area contributed by atoms with E-state index in [0.29, 0.717) is 12.2 Å². The fraction of sp³-hybridized carbons (Fsp3) is 0.400. The lowest BCUT2D eigenvalue weighted by Crippen LogP contribution is -2.30. The molecule has 1 aromatic rings. The van der Waals surface area contributed by atoms with E-state index in [-0.39, 0.29) is 17.9 Å². The second kappa shape index (κ2) is 6.31. The number of nitrogens with zero attached hydrogens (tertiary/aromatic N) is 1. The Kier molecular flexibility index (Phi) is 5.05. The number of aromatic nitrogens is 1. The molecule has 1 heterocycles. The van der Waals surface area contributed by atoms with Gasteiger partial charge in [0.05, 0.1) is 17.0 Å². The number of hydrogen-bond acceptors (Lipinski definition) is 5. The Balaban J connectivity index is 2.52. The lowest BCUT2D eigenvalue weighted by Gasteiger charge is -2.09. The Morgan fingerprint density at radius 1 is 1.44 bits per heavy atom. The van der Waals surface area contributed by atoms with Crippen LogP contribution in [-0.2, 0) is 10.0 Å². The van der Waals surface area contributed by atoms with Crippen LogP contribution >= 0.6 is 0 Å². The third-order valence-corrected chi connectivity index (χ3v) is 3.63. The van der Waals surface area contributed by atoms with Gasteiger partial charge in [-0.05, 0) is 13.0 Å². The average molecular weight is 272 g/mol. The van der Waals surface area contributed by atoms with Gasteiger partial charge in [-0.2, -0.15) is 0 Å². The summed E-state index contributed by atoms with van der Waals surface area (Å²) < 4.78 is 24.7. The number of sulfonamides is 1. The third-order valence-electron chi connectivity index (χ3n) is 2.23. The predicted octanol–water partition coefficient (Wildman–Crippen LogP) is -0.468. The maximum Gasteiger partial charge on any atom is 0.252 e. The highest BCUT2D eigenvalue weighted by molar-refractivity contribution is 7.89.